The maximum Gasteiger partial charge on any atom is 0.163 e. The molecule has 0 saturated carbocycles. The van der Waals surface area contributed by atoms with Crippen LogP contribution in [0.2, 0.25) is 0 Å². The Labute approximate surface area is 115 Å². The molecule has 0 aliphatic carbocycles. The van der Waals surface area contributed by atoms with Crippen LogP contribution in [0.15, 0.2) is 36.4 Å². The molecule has 0 radical (unpaired) electrons. The molecule has 0 fully saturated rings. The molecule has 3 nitrogen and oxygen atoms in total. The largest absolute Gasteiger partial charge is 0.493 e. The minimum atomic E-state index is -1.21. The van der Waals surface area contributed by atoms with Crippen molar-refractivity contribution >= 4 is 0 Å². The summed E-state index contributed by atoms with van der Waals surface area (Å²) >= 11 is 0. The van der Waals surface area contributed by atoms with E-state index in [1.807, 2.05) is 0 Å². The van der Waals surface area contributed by atoms with Crippen molar-refractivity contribution in [1.29, 1.82) is 0 Å². The van der Waals surface area contributed by atoms with Gasteiger partial charge in [-0.3, -0.25) is 0 Å². The molecule has 0 aromatic heterocycles. The van der Waals surface area contributed by atoms with Crippen LogP contribution in [-0.4, -0.2) is 19.3 Å². The minimum Gasteiger partial charge on any atom is -0.493 e. The number of ether oxygens (including phenoxy) is 2. The van der Waals surface area contributed by atoms with Crippen molar-refractivity contribution < 1.29 is 23.4 Å². The number of aliphatic hydroxyl groups excluding tert-OH is 1. The van der Waals surface area contributed by atoms with Gasteiger partial charge in [-0.25, -0.2) is 8.78 Å². The van der Waals surface area contributed by atoms with E-state index in [2.05, 4.69) is 0 Å². The van der Waals surface area contributed by atoms with Crippen molar-refractivity contribution in [1.82, 2.24) is 0 Å². The maximum absolute atomic E-state index is 14.0. The van der Waals surface area contributed by atoms with E-state index in [9.17, 15) is 13.9 Å². The molecule has 0 amide bonds. The van der Waals surface area contributed by atoms with Crippen molar-refractivity contribution in [3.63, 3.8) is 0 Å². The van der Waals surface area contributed by atoms with Crippen molar-refractivity contribution in [2.24, 2.45) is 0 Å². The van der Waals surface area contributed by atoms with Crippen LogP contribution in [0.25, 0.3) is 0 Å². The number of hydrogen-bond acceptors (Lipinski definition) is 3. The van der Waals surface area contributed by atoms with Crippen molar-refractivity contribution in [2.75, 3.05) is 14.2 Å². The number of methoxy groups -OCH3 is 2. The van der Waals surface area contributed by atoms with Crippen LogP contribution in [0.3, 0.4) is 0 Å². The second kappa shape index (κ2) is 5.88. The molecule has 0 bridgehead atoms. The van der Waals surface area contributed by atoms with Crippen molar-refractivity contribution in [3.05, 3.63) is 59.2 Å². The van der Waals surface area contributed by atoms with Gasteiger partial charge < -0.3 is 14.6 Å². The van der Waals surface area contributed by atoms with Crippen LogP contribution in [0.4, 0.5) is 8.78 Å². The maximum atomic E-state index is 14.0. The SMILES string of the molecule is COc1cc(F)c(C(O)c2ccc(F)cc2)cc1OC. The second-order valence-electron chi connectivity index (χ2n) is 4.18. The van der Waals surface area contributed by atoms with Gasteiger partial charge in [0.05, 0.1) is 14.2 Å². The van der Waals surface area contributed by atoms with Crippen LogP contribution in [0.1, 0.15) is 17.2 Å². The van der Waals surface area contributed by atoms with Crippen LogP contribution < -0.4 is 9.47 Å². The van der Waals surface area contributed by atoms with Crippen molar-refractivity contribution in [3.8, 4) is 11.5 Å². The first kappa shape index (κ1) is 14.3. The number of benzene rings is 2. The Morgan fingerprint density at radius 1 is 0.950 bits per heavy atom. The average Bonchev–Trinajstić information content (AvgIpc) is 2.47. The summed E-state index contributed by atoms with van der Waals surface area (Å²) in [6.45, 7) is 0. The average molecular weight is 280 g/mol. The first-order chi connectivity index (χ1) is 9.56. The zero-order chi connectivity index (χ0) is 14.7. The van der Waals surface area contributed by atoms with Crippen molar-refractivity contribution in [2.45, 2.75) is 6.10 Å². The Bertz CT molecular complexity index is 597. The molecule has 0 heterocycles. The fourth-order valence-electron chi connectivity index (χ4n) is 1.90. The van der Waals surface area contributed by atoms with Gasteiger partial charge >= 0.3 is 0 Å². The van der Waals surface area contributed by atoms with Gasteiger partial charge in [0, 0.05) is 11.6 Å². The van der Waals surface area contributed by atoms with E-state index in [1.54, 1.807) is 0 Å². The normalized spacial score (nSPS) is 12.1. The highest BCUT2D eigenvalue weighted by Crippen LogP contribution is 2.34. The molecule has 2 aromatic rings. The summed E-state index contributed by atoms with van der Waals surface area (Å²) in [5, 5.41) is 10.2. The Morgan fingerprint density at radius 3 is 2.05 bits per heavy atom. The summed E-state index contributed by atoms with van der Waals surface area (Å²) in [7, 11) is 2.82. The summed E-state index contributed by atoms with van der Waals surface area (Å²) in [6.07, 6.45) is -1.21. The van der Waals surface area contributed by atoms with Gasteiger partial charge in [0.15, 0.2) is 11.5 Å². The third-order valence-electron chi connectivity index (χ3n) is 2.98. The Morgan fingerprint density at radius 2 is 1.50 bits per heavy atom. The van der Waals surface area contributed by atoms with Gasteiger partial charge in [0.25, 0.3) is 0 Å². The van der Waals surface area contributed by atoms with E-state index in [1.165, 1.54) is 44.6 Å². The first-order valence-electron chi connectivity index (χ1n) is 5.91. The molecular weight excluding hydrogens is 266 g/mol. The van der Waals surface area contributed by atoms with E-state index >= 15 is 0 Å². The summed E-state index contributed by atoms with van der Waals surface area (Å²) in [5.74, 6) is -0.502. The minimum absolute atomic E-state index is 0.0364. The zero-order valence-corrected chi connectivity index (χ0v) is 11.1. The zero-order valence-electron chi connectivity index (χ0n) is 11.1. The van der Waals surface area contributed by atoms with Gasteiger partial charge in [0.1, 0.15) is 17.7 Å². The highest BCUT2D eigenvalue weighted by atomic mass is 19.1. The van der Waals surface area contributed by atoms with Crippen LogP contribution in [-0.2, 0) is 0 Å². The molecule has 0 spiro atoms. The lowest BCUT2D eigenvalue weighted by molar-refractivity contribution is 0.213. The Kier molecular flexibility index (Phi) is 4.20. The molecule has 1 atom stereocenters. The third-order valence-corrected chi connectivity index (χ3v) is 2.98. The van der Waals surface area contributed by atoms with Gasteiger partial charge in [-0.05, 0) is 23.8 Å². The quantitative estimate of drug-likeness (QED) is 0.935. The predicted molar refractivity (Wildman–Crippen MR) is 70.0 cm³/mol. The van der Waals surface area contributed by atoms with E-state index in [0.29, 0.717) is 11.3 Å². The highest BCUT2D eigenvalue weighted by molar-refractivity contribution is 5.46. The van der Waals surface area contributed by atoms with E-state index in [4.69, 9.17) is 9.47 Å². The summed E-state index contributed by atoms with van der Waals surface area (Å²) in [6, 6.07) is 7.71. The summed E-state index contributed by atoms with van der Waals surface area (Å²) < 4.78 is 36.9. The number of aliphatic hydroxyl groups is 1. The smallest absolute Gasteiger partial charge is 0.163 e. The summed E-state index contributed by atoms with van der Waals surface area (Å²) in [4.78, 5) is 0. The van der Waals surface area contributed by atoms with Gasteiger partial charge in [-0.2, -0.15) is 0 Å². The predicted octanol–water partition coefficient (Wildman–Crippen LogP) is 3.06. The molecule has 0 aliphatic rings. The van der Waals surface area contributed by atoms with E-state index in [-0.39, 0.29) is 11.3 Å². The molecule has 106 valence electrons. The lowest BCUT2D eigenvalue weighted by atomic mass is 10.0. The number of hydrogen-bond donors (Lipinski definition) is 1. The molecule has 0 aliphatic heterocycles. The lowest BCUT2D eigenvalue weighted by Crippen LogP contribution is -2.04. The fraction of sp³-hybridized carbons (Fsp3) is 0.200. The monoisotopic (exact) mass is 280 g/mol. The molecule has 2 rings (SSSR count). The molecule has 20 heavy (non-hydrogen) atoms. The molecular formula is C15H14F2O3. The lowest BCUT2D eigenvalue weighted by Gasteiger charge is -2.15. The van der Waals surface area contributed by atoms with Crippen LogP contribution in [0.5, 0.6) is 11.5 Å². The first-order valence-corrected chi connectivity index (χ1v) is 5.91. The topological polar surface area (TPSA) is 38.7 Å². The molecule has 1 N–H and O–H groups in total. The molecule has 0 saturated heterocycles. The van der Waals surface area contributed by atoms with Crippen LogP contribution in [0, 0.1) is 11.6 Å². The van der Waals surface area contributed by atoms with Crippen LogP contribution >= 0.6 is 0 Å². The Balaban J connectivity index is 2.43. The third kappa shape index (κ3) is 2.72. The van der Waals surface area contributed by atoms with Gasteiger partial charge in [-0.15, -0.1) is 0 Å². The highest BCUT2D eigenvalue weighted by Gasteiger charge is 2.19. The molecule has 1 unspecified atom stereocenters. The van der Waals surface area contributed by atoms with Gasteiger partial charge in [0.2, 0.25) is 0 Å². The summed E-state index contributed by atoms with van der Waals surface area (Å²) in [5.41, 5.74) is 0.423. The second-order valence-corrected chi connectivity index (χ2v) is 4.18. The number of halogens is 2. The van der Waals surface area contributed by atoms with Gasteiger partial charge in [-0.1, -0.05) is 12.1 Å². The molecule has 5 heteroatoms. The Hall–Kier alpha value is -2.14. The standard InChI is InChI=1S/C15H14F2O3/c1-19-13-7-11(12(17)8-14(13)20-2)15(18)9-3-5-10(16)6-4-9/h3-8,15,18H,1-2H3. The molecule has 2 aromatic carbocycles. The fourth-order valence-corrected chi connectivity index (χ4v) is 1.90. The number of rotatable bonds is 4. The van der Waals surface area contributed by atoms with E-state index < -0.39 is 17.7 Å². The van der Waals surface area contributed by atoms with E-state index in [0.717, 1.165) is 6.07 Å².